The van der Waals surface area contributed by atoms with E-state index in [1.165, 1.54) is 17.0 Å². The number of aromatic hydroxyl groups is 1. The summed E-state index contributed by atoms with van der Waals surface area (Å²) in [6.07, 6.45) is 0.446. The van der Waals surface area contributed by atoms with Crippen LogP contribution in [0.25, 0.3) is 0 Å². The van der Waals surface area contributed by atoms with E-state index in [1.54, 1.807) is 13.1 Å². The normalized spacial score (nSPS) is 21.3. The quantitative estimate of drug-likeness (QED) is 0.877. The second-order valence-corrected chi connectivity index (χ2v) is 7.78. The van der Waals surface area contributed by atoms with E-state index in [1.807, 2.05) is 0 Å². The average molecular weight is 348 g/mol. The first-order chi connectivity index (χ1) is 8.80. The molecule has 1 N–H and O–H groups in total. The van der Waals surface area contributed by atoms with Crippen molar-refractivity contribution in [3.05, 3.63) is 28.2 Å². The fourth-order valence-electron chi connectivity index (χ4n) is 2.12. The van der Waals surface area contributed by atoms with E-state index in [9.17, 15) is 18.3 Å². The van der Waals surface area contributed by atoms with Gasteiger partial charge in [0, 0.05) is 17.6 Å². The van der Waals surface area contributed by atoms with Crippen molar-refractivity contribution in [1.29, 1.82) is 0 Å². The van der Waals surface area contributed by atoms with Gasteiger partial charge >= 0.3 is 0 Å². The van der Waals surface area contributed by atoms with Gasteiger partial charge in [0.2, 0.25) is 0 Å². The Bertz CT molecular complexity index is 614. The van der Waals surface area contributed by atoms with E-state index in [4.69, 9.17) is 0 Å². The van der Waals surface area contributed by atoms with Crippen molar-refractivity contribution in [1.82, 2.24) is 4.90 Å². The first-order valence-electron chi connectivity index (χ1n) is 5.76. The molecule has 1 aromatic carbocycles. The fourth-order valence-corrected chi connectivity index (χ4v) is 4.25. The smallest absolute Gasteiger partial charge is 0.257 e. The molecule has 0 aromatic heterocycles. The lowest BCUT2D eigenvalue weighted by molar-refractivity contribution is 0.0744. The second kappa shape index (κ2) is 5.13. The number of carbonyl (C=O) groups excluding carboxylic acids is 1. The maximum absolute atomic E-state index is 12.2. The first kappa shape index (κ1) is 14.3. The van der Waals surface area contributed by atoms with Gasteiger partial charge < -0.3 is 10.0 Å². The number of hydrogen-bond acceptors (Lipinski definition) is 4. The summed E-state index contributed by atoms with van der Waals surface area (Å²) in [5, 5.41) is 9.76. The third-order valence-corrected chi connectivity index (χ3v) is 5.51. The molecule has 7 heteroatoms. The van der Waals surface area contributed by atoms with Gasteiger partial charge in [0.25, 0.3) is 5.91 Å². The number of halogens is 1. The zero-order valence-electron chi connectivity index (χ0n) is 10.3. The van der Waals surface area contributed by atoms with Crippen LogP contribution in [0.5, 0.6) is 5.75 Å². The van der Waals surface area contributed by atoms with Gasteiger partial charge in [-0.15, -0.1) is 0 Å². The topological polar surface area (TPSA) is 74.7 Å². The van der Waals surface area contributed by atoms with Crippen LogP contribution >= 0.6 is 15.9 Å². The van der Waals surface area contributed by atoms with E-state index in [0.29, 0.717) is 10.9 Å². The Kier molecular flexibility index (Phi) is 3.87. The first-order valence-corrected chi connectivity index (χ1v) is 8.38. The predicted molar refractivity (Wildman–Crippen MR) is 75.0 cm³/mol. The van der Waals surface area contributed by atoms with Gasteiger partial charge in [-0.2, -0.15) is 0 Å². The Morgan fingerprint density at radius 2 is 2.16 bits per heavy atom. The van der Waals surface area contributed by atoms with Gasteiger partial charge in [-0.1, -0.05) is 15.9 Å². The van der Waals surface area contributed by atoms with Gasteiger partial charge in [0.05, 0.1) is 17.1 Å². The number of nitrogens with zero attached hydrogens (tertiary/aromatic N) is 1. The molecule has 2 rings (SSSR count). The van der Waals surface area contributed by atoms with Gasteiger partial charge in [0.15, 0.2) is 9.84 Å². The summed E-state index contributed by atoms with van der Waals surface area (Å²) in [5.74, 6) is -0.382. The maximum Gasteiger partial charge on any atom is 0.257 e. The summed E-state index contributed by atoms with van der Waals surface area (Å²) in [4.78, 5) is 13.6. The molecule has 1 atom stereocenters. The van der Waals surface area contributed by atoms with E-state index >= 15 is 0 Å². The summed E-state index contributed by atoms with van der Waals surface area (Å²) in [6, 6.07) is 4.29. The van der Waals surface area contributed by atoms with Crippen LogP contribution in [-0.2, 0) is 9.84 Å². The van der Waals surface area contributed by atoms with Crippen molar-refractivity contribution < 1.29 is 18.3 Å². The van der Waals surface area contributed by atoms with E-state index < -0.39 is 9.84 Å². The van der Waals surface area contributed by atoms with E-state index in [-0.39, 0.29) is 34.8 Å². The molecular weight excluding hydrogens is 334 g/mol. The number of rotatable bonds is 2. The number of hydrogen-bond donors (Lipinski definition) is 1. The molecule has 0 bridgehead atoms. The van der Waals surface area contributed by atoms with E-state index in [2.05, 4.69) is 15.9 Å². The molecule has 1 unspecified atom stereocenters. The second-order valence-electron chi connectivity index (χ2n) is 4.63. The number of benzene rings is 1. The zero-order valence-corrected chi connectivity index (χ0v) is 12.7. The van der Waals surface area contributed by atoms with Crippen molar-refractivity contribution in [2.24, 2.45) is 0 Å². The average Bonchev–Trinajstić information content (AvgIpc) is 2.68. The molecule has 1 saturated heterocycles. The molecule has 1 aliphatic heterocycles. The molecule has 19 heavy (non-hydrogen) atoms. The molecule has 104 valence electrons. The van der Waals surface area contributed by atoms with Crippen LogP contribution in [0.3, 0.4) is 0 Å². The molecule has 1 aromatic rings. The lowest BCUT2D eigenvalue weighted by Crippen LogP contribution is -2.37. The minimum absolute atomic E-state index is 0.00741. The number of carbonyl (C=O) groups is 1. The Balaban J connectivity index is 2.20. The number of phenols is 1. The molecule has 1 heterocycles. The molecule has 0 saturated carbocycles. The standard InChI is InChI=1S/C12H14BrNO4S/c1-14(9-4-5-19(17,18)7-9)12(16)10-3-2-8(13)6-11(10)15/h2-3,6,9,15H,4-5,7H2,1H3. The third-order valence-electron chi connectivity index (χ3n) is 3.27. The van der Waals surface area contributed by atoms with Crippen molar-refractivity contribution >= 4 is 31.7 Å². The molecule has 5 nitrogen and oxygen atoms in total. The number of phenolic OH excluding ortho intramolecular Hbond substituents is 1. The number of sulfone groups is 1. The molecule has 1 fully saturated rings. The van der Waals surface area contributed by atoms with Crippen LogP contribution in [0.1, 0.15) is 16.8 Å². The van der Waals surface area contributed by atoms with Crippen LogP contribution in [0, 0.1) is 0 Å². The van der Waals surface area contributed by atoms with Gasteiger partial charge in [-0.25, -0.2) is 8.42 Å². The van der Waals surface area contributed by atoms with Crippen molar-refractivity contribution in [2.75, 3.05) is 18.6 Å². The molecule has 1 amide bonds. The Labute approximate surface area is 120 Å². The highest BCUT2D eigenvalue weighted by Gasteiger charge is 2.33. The van der Waals surface area contributed by atoms with Crippen LogP contribution < -0.4 is 0 Å². The third kappa shape index (κ3) is 3.09. The van der Waals surface area contributed by atoms with Crippen LogP contribution in [-0.4, -0.2) is 48.9 Å². The van der Waals surface area contributed by atoms with Crippen LogP contribution in [0.2, 0.25) is 0 Å². The summed E-state index contributed by atoms with van der Waals surface area (Å²) in [6.45, 7) is 0. The summed E-state index contributed by atoms with van der Waals surface area (Å²) >= 11 is 3.20. The highest BCUT2D eigenvalue weighted by Crippen LogP contribution is 2.25. The van der Waals surface area contributed by atoms with Crippen molar-refractivity contribution in [3.8, 4) is 5.75 Å². The van der Waals surface area contributed by atoms with Crippen molar-refractivity contribution in [2.45, 2.75) is 12.5 Å². The maximum atomic E-state index is 12.2. The molecular formula is C12H14BrNO4S. The molecule has 0 aliphatic carbocycles. The highest BCUT2D eigenvalue weighted by atomic mass is 79.9. The van der Waals surface area contributed by atoms with Crippen LogP contribution in [0.15, 0.2) is 22.7 Å². The zero-order chi connectivity index (χ0) is 14.2. The highest BCUT2D eigenvalue weighted by molar-refractivity contribution is 9.10. The molecule has 0 spiro atoms. The van der Waals surface area contributed by atoms with Gasteiger partial charge in [-0.05, 0) is 24.6 Å². The summed E-state index contributed by atoms with van der Waals surface area (Å²) in [5.41, 5.74) is 0.176. The SMILES string of the molecule is CN(C(=O)c1ccc(Br)cc1O)C1CCS(=O)(=O)C1. The largest absolute Gasteiger partial charge is 0.507 e. The number of amides is 1. The Morgan fingerprint density at radius 3 is 2.68 bits per heavy atom. The summed E-state index contributed by atoms with van der Waals surface area (Å²) < 4.78 is 23.5. The van der Waals surface area contributed by atoms with Crippen molar-refractivity contribution in [3.63, 3.8) is 0 Å². The summed E-state index contributed by atoms with van der Waals surface area (Å²) in [7, 11) is -1.47. The van der Waals surface area contributed by atoms with E-state index in [0.717, 1.165) is 0 Å². The fraction of sp³-hybridized carbons (Fsp3) is 0.417. The lowest BCUT2D eigenvalue weighted by atomic mass is 10.1. The Morgan fingerprint density at radius 1 is 1.47 bits per heavy atom. The molecule has 0 radical (unpaired) electrons. The monoisotopic (exact) mass is 347 g/mol. The predicted octanol–water partition coefficient (Wildman–Crippen LogP) is 1.41. The minimum atomic E-state index is -3.04. The van der Waals surface area contributed by atoms with Crippen LogP contribution in [0.4, 0.5) is 0 Å². The molecule has 1 aliphatic rings. The van der Waals surface area contributed by atoms with Gasteiger partial charge in [-0.3, -0.25) is 4.79 Å². The Hall–Kier alpha value is -1.08. The minimum Gasteiger partial charge on any atom is -0.507 e. The van der Waals surface area contributed by atoms with Gasteiger partial charge in [0.1, 0.15) is 5.75 Å². The lowest BCUT2D eigenvalue weighted by Gasteiger charge is -2.23.